The number of hydrogen-bond acceptors (Lipinski definition) is 3. The number of nitrogens with zero attached hydrogens (tertiary/aromatic N) is 1. The first-order valence-corrected chi connectivity index (χ1v) is 7.57. The van der Waals surface area contributed by atoms with Gasteiger partial charge in [-0.1, -0.05) is 6.92 Å². The summed E-state index contributed by atoms with van der Waals surface area (Å²) in [5.74, 6) is -0.0356. The predicted molar refractivity (Wildman–Crippen MR) is 76.0 cm³/mol. The average Bonchev–Trinajstić information content (AvgIpc) is 2.89. The molecule has 0 bridgehead atoms. The summed E-state index contributed by atoms with van der Waals surface area (Å²) in [6, 6.07) is 1.64. The van der Waals surface area contributed by atoms with Crippen LogP contribution < -0.4 is 5.32 Å². The molecular weight excluding hydrogens is 260 g/mol. The molecule has 5 heteroatoms. The summed E-state index contributed by atoms with van der Waals surface area (Å²) in [4.78, 5) is 26.2. The lowest BCUT2D eigenvalue weighted by atomic mass is 9.90. The summed E-state index contributed by atoms with van der Waals surface area (Å²) in [5.41, 5.74) is 0.495. The van der Waals surface area contributed by atoms with Gasteiger partial charge >= 0.3 is 0 Å². The van der Waals surface area contributed by atoms with Crippen molar-refractivity contribution >= 4 is 23.2 Å². The molecule has 19 heavy (non-hydrogen) atoms. The van der Waals surface area contributed by atoms with Crippen LogP contribution in [0.3, 0.4) is 0 Å². The zero-order chi connectivity index (χ0) is 14.0. The van der Waals surface area contributed by atoms with E-state index in [9.17, 15) is 9.59 Å². The Morgan fingerprint density at radius 2 is 2.21 bits per heavy atom. The van der Waals surface area contributed by atoms with Gasteiger partial charge in [-0.15, -0.1) is 0 Å². The Morgan fingerprint density at radius 1 is 1.47 bits per heavy atom. The number of carbonyl (C=O) groups is 2. The highest BCUT2D eigenvalue weighted by atomic mass is 32.1. The van der Waals surface area contributed by atoms with Crippen LogP contribution in [0.2, 0.25) is 0 Å². The van der Waals surface area contributed by atoms with Crippen LogP contribution in [0.1, 0.15) is 32.8 Å². The molecule has 104 valence electrons. The predicted octanol–water partition coefficient (Wildman–Crippen LogP) is 1.81. The largest absolute Gasteiger partial charge is 0.343 e. The second-order valence-electron chi connectivity index (χ2n) is 5.19. The lowest BCUT2D eigenvalue weighted by Gasteiger charge is -2.45. The van der Waals surface area contributed by atoms with E-state index in [-0.39, 0.29) is 11.8 Å². The van der Waals surface area contributed by atoms with Crippen LogP contribution >= 0.6 is 11.3 Å². The van der Waals surface area contributed by atoms with Crippen LogP contribution in [0.25, 0.3) is 0 Å². The first-order valence-electron chi connectivity index (χ1n) is 6.62. The van der Waals surface area contributed by atoms with E-state index in [1.807, 2.05) is 19.2 Å². The highest BCUT2D eigenvalue weighted by molar-refractivity contribution is 7.07. The minimum Gasteiger partial charge on any atom is -0.343 e. The molecule has 2 heterocycles. The molecule has 0 aliphatic carbocycles. The lowest BCUT2D eigenvalue weighted by Crippen LogP contribution is -2.68. The van der Waals surface area contributed by atoms with Crippen LogP contribution in [0.5, 0.6) is 0 Å². The highest BCUT2D eigenvalue weighted by Gasteiger charge is 2.46. The Bertz CT molecular complexity index is 472. The summed E-state index contributed by atoms with van der Waals surface area (Å²) in [6.07, 6.45) is 1.42. The van der Waals surface area contributed by atoms with E-state index in [0.29, 0.717) is 13.0 Å². The highest BCUT2D eigenvalue weighted by Crippen LogP contribution is 2.25. The molecule has 0 spiro atoms. The zero-order valence-corrected chi connectivity index (χ0v) is 12.4. The number of amides is 2. The average molecular weight is 280 g/mol. The molecule has 0 radical (unpaired) electrons. The second-order valence-corrected chi connectivity index (χ2v) is 5.97. The first-order chi connectivity index (χ1) is 8.99. The Kier molecular flexibility index (Phi) is 3.94. The Morgan fingerprint density at radius 3 is 2.79 bits per heavy atom. The monoisotopic (exact) mass is 280 g/mol. The van der Waals surface area contributed by atoms with Gasteiger partial charge in [-0.25, -0.2) is 0 Å². The Labute approximate surface area is 117 Å². The molecule has 1 aromatic heterocycles. The molecule has 4 nitrogen and oxygen atoms in total. The van der Waals surface area contributed by atoms with Gasteiger partial charge in [0.2, 0.25) is 11.8 Å². The molecule has 2 unspecified atom stereocenters. The number of hydrogen-bond donors (Lipinski definition) is 1. The molecule has 2 atom stereocenters. The van der Waals surface area contributed by atoms with Crippen molar-refractivity contribution in [3.8, 4) is 0 Å². The van der Waals surface area contributed by atoms with Crippen molar-refractivity contribution in [2.75, 3.05) is 6.54 Å². The van der Waals surface area contributed by atoms with Crippen molar-refractivity contribution in [3.05, 3.63) is 22.4 Å². The molecule has 0 aromatic carbocycles. The standard InChI is InChI=1S/C14H20N2O2S/c1-4-14(3)13(18)15-10(2)12(17)16(14)7-5-11-6-8-19-9-11/h6,8-10H,4-5,7H2,1-3H3,(H,15,18). The summed E-state index contributed by atoms with van der Waals surface area (Å²) in [5, 5.41) is 6.88. The Balaban J connectivity index is 2.17. The van der Waals surface area contributed by atoms with E-state index in [1.54, 1.807) is 23.2 Å². The fraction of sp³-hybridized carbons (Fsp3) is 0.571. The zero-order valence-electron chi connectivity index (χ0n) is 11.6. The summed E-state index contributed by atoms with van der Waals surface area (Å²) in [7, 11) is 0. The van der Waals surface area contributed by atoms with Gasteiger partial charge in [-0.3, -0.25) is 9.59 Å². The first kappa shape index (κ1) is 14.1. The van der Waals surface area contributed by atoms with Gasteiger partial charge in [0, 0.05) is 6.54 Å². The van der Waals surface area contributed by atoms with Crippen LogP contribution in [0.15, 0.2) is 16.8 Å². The van der Waals surface area contributed by atoms with E-state index < -0.39 is 11.6 Å². The van der Waals surface area contributed by atoms with Gasteiger partial charge in [0.05, 0.1) is 0 Å². The van der Waals surface area contributed by atoms with Crippen molar-refractivity contribution in [2.24, 2.45) is 0 Å². The van der Waals surface area contributed by atoms with E-state index >= 15 is 0 Å². The van der Waals surface area contributed by atoms with Crippen molar-refractivity contribution in [1.82, 2.24) is 10.2 Å². The van der Waals surface area contributed by atoms with Gasteiger partial charge < -0.3 is 10.2 Å². The van der Waals surface area contributed by atoms with Gasteiger partial charge in [0.1, 0.15) is 11.6 Å². The van der Waals surface area contributed by atoms with E-state index in [2.05, 4.69) is 16.8 Å². The van der Waals surface area contributed by atoms with Gasteiger partial charge in [-0.05, 0) is 49.1 Å². The van der Waals surface area contributed by atoms with Crippen LogP contribution in [-0.2, 0) is 16.0 Å². The second kappa shape index (κ2) is 5.33. The minimum absolute atomic E-state index is 0.0131. The van der Waals surface area contributed by atoms with Crippen molar-refractivity contribution in [3.63, 3.8) is 0 Å². The number of nitrogens with one attached hydrogen (secondary N) is 1. The molecule has 1 saturated heterocycles. The van der Waals surface area contributed by atoms with E-state index in [4.69, 9.17) is 0 Å². The topological polar surface area (TPSA) is 49.4 Å². The molecule has 1 aliphatic heterocycles. The summed E-state index contributed by atoms with van der Waals surface area (Å²) in [6.45, 7) is 6.13. The maximum absolute atomic E-state index is 12.3. The van der Waals surface area contributed by atoms with Gasteiger partial charge in [0.25, 0.3) is 0 Å². The molecule has 1 N–H and O–H groups in total. The maximum atomic E-state index is 12.3. The van der Waals surface area contributed by atoms with E-state index in [1.165, 1.54) is 5.56 Å². The fourth-order valence-electron chi connectivity index (χ4n) is 2.40. The number of piperazine rings is 1. The van der Waals surface area contributed by atoms with Gasteiger partial charge in [-0.2, -0.15) is 11.3 Å². The van der Waals surface area contributed by atoms with Crippen molar-refractivity contribution in [1.29, 1.82) is 0 Å². The molecule has 1 aromatic rings. The Hall–Kier alpha value is -1.36. The lowest BCUT2D eigenvalue weighted by molar-refractivity contribution is -0.156. The molecule has 2 rings (SSSR count). The molecule has 2 amide bonds. The minimum atomic E-state index is -0.723. The smallest absolute Gasteiger partial charge is 0.246 e. The van der Waals surface area contributed by atoms with E-state index in [0.717, 1.165) is 6.42 Å². The van der Waals surface area contributed by atoms with Crippen LogP contribution in [0, 0.1) is 0 Å². The quantitative estimate of drug-likeness (QED) is 0.914. The fourth-order valence-corrected chi connectivity index (χ4v) is 3.10. The molecule has 0 saturated carbocycles. The van der Waals surface area contributed by atoms with Crippen molar-refractivity contribution in [2.45, 2.75) is 45.2 Å². The summed E-state index contributed by atoms with van der Waals surface area (Å²) < 4.78 is 0. The van der Waals surface area contributed by atoms with Gasteiger partial charge in [0.15, 0.2) is 0 Å². The van der Waals surface area contributed by atoms with Crippen molar-refractivity contribution < 1.29 is 9.59 Å². The summed E-state index contributed by atoms with van der Waals surface area (Å²) >= 11 is 1.65. The maximum Gasteiger partial charge on any atom is 0.246 e. The molecule has 1 fully saturated rings. The third kappa shape index (κ3) is 2.52. The third-order valence-electron chi connectivity index (χ3n) is 3.96. The van der Waals surface area contributed by atoms with Crippen LogP contribution in [-0.4, -0.2) is 34.8 Å². The number of rotatable bonds is 4. The third-order valence-corrected chi connectivity index (χ3v) is 4.69. The number of carbonyl (C=O) groups excluding carboxylic acids is 2. The molecular formula is C14H20N2O2S. The SMILES string of the molecule is CCC1(C)C(=O)NC(C)C(=O)N1CCc1ccsc1. The molecule has 1 aliphatic rings. The van der Waals surface area contributed by atoms with Crippen LogP contribution in [0.4, 0.5) is 0 Å². The number of thiophene rings is 1. The normalized spacial score (nSPS) is 27.5.